The van der Waals surface area contributed by atoms with E-state index in [9.17, 15) is 23.3 Å². The van der Waals surface area contributed by atoms with Crippen LogP contribution in [0, 0.1) is 0 Å². The molecule has 0 heterocycles. The number of ketones is 1. The summed E-state index contributed by atoms with van der Waals surface area (Å²) >= 11 is 0. The summed E-state index contributed by atoms with van der Waals surface area (Å²) < 4.78 is 42.3. The van der Waals surface area contributed by atoms with Gasteiger partial charge in [0, 0.05) is 0 Å². The lowest BCUT2D eigenvalue weighted by molar-refractivity contribution is -0.156. The number of phosphoric ester groups is 1. The van der Waals surface area contributed by atoms with E-state index in [1.54, 1.807) is 0 Å². The highest BCUT2D eigenvalue weighted by molar-refractivity contribution is 7.66. The van der Waals surface area contributed by atoms with Crippen LogP contribution in [0.1, 0.15) is 0 Å². The van der Waals surface area contributed by atoms with E-state index in [4.69, 9.17) is 34.9 Å². The van der Waals surface area contributed by atoms with Gasteiger partial charge in [0.1, 0.15) is 6.10 Å². The highest BCUT2D eigenvalue weighted by atomic mass is 31.3. The van der Waals surface area contributed by atoms with Gasteiger partial charge in [0.05, 0.1) is 6.61 Å². The van der Waals surface area contributed by atoms with Gasteiger partial charge < -0.3 is 34.5 Å². The quantitative estimate of drug-likeness (QED) is 0.151. The van der Waals surface area contributed by atoms with Crippen molar-refractivity contribution < 1.29 is 71.3 Å². The van der Waals surface area contributed by atoms with Gasteiger partial charge >= 0.3 is 29.4 Å². The highest BCUT2D eigenvalue weighted by Gasteiger charge is 2.44. The zero-order chi connectivity index (χ0) is 18.6. The summed E-state index contributed by atoms with van der Waals surface area (Å²) in [5, 5.41) is 26.3. The summed E-state index contributed by atoms with van der Waals surface area (Å²) in [4.78, 5) is 56.4. The van der Waals surface area contributed by atoms with Gasteiger partial charge in [-0.25, -0.2) is 18.5 Å². The smallest absolute Gasteiger partial charge is 0.394 e. The molecular formula is C5H11O15P3. The van der Waals surface area contributed by atoms with E-state index in [1.807, 2.05) is 0 Å². The van der Waals surface area contributed by atoms with Crippen LogP contribution in [0.3, 0.4) is 0 Å². The molecule has 2 unspecified atom stereocenters. The zero-order valence-electron chi connectivity index (χ0n) is 10.6. The first kappa shape index (κ1) is 22.5. The molecule has 4 atom stereocenters. The Balaban J connectivity index is 4.96. The number of aliphatic hydroxyl groups excluding tert-OH is 3. The van der Waals surface area contributed by atoms with E-state index < -0.39 is 54.0 Å². The first-order valence-corrected chi connectivity index (χ1v) is 9.51. The second kappa shape index (κ2) is 8.03. The van der Waals surface area contributed by atoms with Crippen molar-refractivity contribution in [1.29, 1.82) is 0 Å². The van der Waals surface area contributed by atoms with Gasteiger partial charge in [-0.2, -0.15) is 8.62 Å². The molecule has 23 heavy (non-hydrogen) atoms. The number of rotatable bonds is 9. The number of hydrogen-bond acceptors (Lipinski definition) is 11. The average Bonchev–Trinajstić information content (AvgIpc) is 2.30. The van der Waals surface area contributed by atoms with Crippen LogP contribution < -0.4 is 0 Å². The number of carbonyl (C=O) groups is 2. The molecule has 0 amide bonds. The molecule has 0 aliphatic carbocycles. The number of phosphoric acid groups is 3. The van der Waals surface area contributed by atoms with Gasteiger partial charge in [-0.05, 0) is 0 Å². The molecule has 0 aliphatic heterocycles. The van der Waals surface area contributed by atoms with Crippen molar-refractivity contribution in [2.24, 2.45) is 0 Å². The van der Waals surface area contributed by atoms with E-state index >= 15 is 0 Å². The number of carbonyl (C=O) groups excluding carboxylic acids is 2. The van der Waals surface area contributed by atoms with E-state index in [0.717, 1.165) is 0 Å². The Hall–Kier alpha value is -0.530. The minimum Gasteiger partial charge on any atom is -0.394 e. The predicted octanol–water partition coefficient (Wildman–Crippen LogP) is -2.86. The standard InChI is InChI=1S/C5H11O15P3/c6-1-2(7)3(8)4(9)5(10)18-22(14,15)20-23(16,17)19-21(11,12)13/h2-3,6-8H,1H2,(H,14,15)(H,16,17)(H2,11,12,13)/t2-,3-/m0/s1. The molecule has 7 N–H and O–H groups in total. The Labute approximate surface area is 126 Å². The molecule has 0 saturated heterocycles. The van der Waals surface area contributed by atoms with Crippen molar-refractivity contribution in [2.75, 3.05) is 6.61 Å². The van der Waals surface area contributed by atoms with Crippen molar-refractivity contribution in [3.8, 4) is 0 Å². The molecule has 18 heteroatoms. The summed E-state index contributed by atoms with van der Waals surface area (Å²) in [7, 11) is -17.4. The van der Waals surface area contributed by atoms with E-state index in [-0.39, 0.29) is 0 Å². The highest BCUT2D eigenvalue weighted by Crippen LogP contribution is 2.66. The van der Waals surface area contributed by atoms with Gasteiger partial charge in [0.2, 0.25) is 0 Å². The molecular weight excluding hydrogens is 393 g/mol. The van der Waals surface area contributed by atoms with Crippen LogP contribution in [0.4, 0.5) is 0 Å². The molecule has 0 fully saturated rings. The Morgan fingerprint density at radius 1 is 0.913 bits per heavy atom. The minimum absolute atomic E-state index is 1.17. The second-order valence-electron chi connectivity index (χ2n) is 3.53. The molecule has 0 spiro atoms. The van der Waals surface area contributed by atoms with Crippen LogP contribution in [0.5, 0.6) is 0 Å². The molecule has 0 aliphatic rings. The van der Waals surface area contributed by atoms with Crippen LogP contribution in [-0.4, -0.2) is 65.5 Å². The van der Waals surface area contributed by atoms with Crippen molar-refractivity contribution in [3.05, 3.63) is 0 Å². The first-order chi connectivity index (χ1) is 10.1. The van der Waals surface area contributed by atoms with Crippen molar-refractivity contribution in [1.82, 2.24) is 0 Å². The summed E-state index contributed by atoms with van der Waals surface area (Å²) in [5.41, 5.74) is 0. The average molecular weight is 404 g/mol. The van der Waals surface area contributed by atoms with Crippen molar-refractivity contribution >= 4 is 35.2 Å². The van der Waals surface area contributed by atoms with Crippen LogP contribution in [0.15, 0.2) is 0 Å². The Kier molecular flexibility index (Phi) is 7.85. The maximum absolute atomic E-state index is 11.2. The summed E-state index contributed by atoms with van der Waals surface area (Å²) in [5.74, 6) is -4.36. The number of aliphatic hydroxyl groups is 3. The summed E-state index contributed by atoms with van der Waals surface area (Å²) in [6.45, 7) is -1.17. The zero-order valence-corrected chi connectivity index (χ0v) is 13.3. The van der Waals surface area contributed by atoms with Crippen LogP contribution >= 0.6 is 23.5 Å². The van der Waals surface area contributed by atoms with Crippen molar-refractivity contribution in [2.45, 2.75) is 12.2 Å². The fraction of sp³-hybridized carbons (Fsp3) is 0.600. The first-order valence-electron chi connectivity index (χ1n) is 4.99. The van der Waals surface area contributed by atoms with Crippen LogP contribution in [-0.2, 0) is 36.4 Å². The molecule has 0 saturated carbocycles. The van der Waals surface area contributed by atoms with E-state index in [2.05, 4.69) is 13.1 Å². The van der Waals surface area contributed by atoms with Crippen molar-refractivity contribution in [3.63, 3.8) is 0 Å². The molecule has 0 aromatic heterocycles. The lowest BCUT2D eigenvalue weighted by Crippen LogP contribution is -2.40. The van der Waals surface area contributed by atoms with Crippen LogP contribution in [0.25, 0.3) is 0 Å². The third-order valence-corrected chi connectivity index (χ3v) is 5.36. The summed E-state index contributed by atoms with van der Waals surface area (Å²) in [6, 6.07) is 0. The van der Waals surface area contributed by atoms with Gasteiger partial charge in [-0.15, -0.1) is 0 Å². The molecule has 0 bridgehead atoms. The lowest BCUT2D eigenvalue weighted by Gasteiger charge is -2.17. The van der Waals surface area contributed by atoms with Gasteiger partial charge in [0.15, 0.2) is 6.10 Å². The SMILES string of the molecule is O=C(OP(=O)(O)OP(=O)(O)OP(=O)(O)O)C(=O)[C@@H](O)[C@@H](O)CO. The monoisotopic (exact) mass is 404 g/mol. The number of Topliss-reactive ketones (excluding diaryl/α,β-unsaturated/α-hetero) is 1. The molecule has 15 nitrogen and oxygen atoms in total. The van der Waals surface area contributed by atoms with Gasteiger partial charge in [-0.3, -0.25) is 9.69 Å². The molecule has 0 rings (SSSR count). The van der Waals surface area contributed by atoms with Gasteiger partial charge in [0.25, 0.3) is 5.78 Å². The Morgan fingerprint density at radius 3 is 1.78 bits per heavy atom. The largest absolute Gasteiger partial charge is 0.538 e. The molecule has 0 aromatic rings. The molecule has 136 valence electrons. The maximum Gasteiger partial charge on any atom is 0.538 e. The fourth-order valence-electron chi connectivity index (χ4n) is 0.841. The van der Waals surface area contributed by atoms with E-state index in [1.165, 1.54) is 0 Å². The number of hydrogen-bond donors (Lipinski definition) is 7. The Bertz CT molecular complexity index is 590. The normalized spacial score (nSPS) is 20.0. The summed E-state index contributed by atoms with van der Waals surface area (Å²) in [6.07, 6.45) is -4.70. The van der Waals surface area contributed by atoms with Crippen LogP contribution in [0.2, 0.25) is 0 Å². The third-order valence-electron chi connectivity index (χ3n) is 1.64. The maximum atomic E-state index is 11.2. The fourth-order valence-corrected chi connectivity index (χ4v) is 3.78. The second-order valence-corrected chi connectivity index (χ2v) is 7.87. The topological polar surface area (TPSA) is 255 Å². The Morgan fingerprint density at radius 2 is 1.39 bits per heavy atom. The predicted molar refractivity (Wildman–Crippen MR) is 64.1 cm³/mol. The van der Waals surface area contributed by atoms with E-state index in [0.29, 0.717) is 0 Å². The molecule has 0 aromatic carbocycles. The molecule has 0 radical (unpaired) electrons. The third kappa shape index (κ3) is 8.77. The minimum atomic E-state index is -5.90. The lowest BCUT2D eigenvalue weighted by atomic mass is 10.1. The van der Waals surface area contributed by atoms with Gasteiger partial charge in [-0.1, -0.05) is 0 Å².